The molecule has 1 atom stereocenters. The molecule has 0 saturated heterocycles. The minimum atomic E-state index is -0.763. The van der Waals surface area contributed by atoms with E-state index in [1.165, 1.54) is 19.3 Å². The summed E-state index contributed by atoms with van der Waals surface area (Å²) in [6.45, 7) is 8.30. The lowest BCUT2D eigenvalue weighted by atomic mass is 9.85. The highest BCUT2D eigenvalue weighted by atomic mass is 16.6. The summed E-state index contributed by atoms with van der Waals surface area (Å²) in [5.74, 6) is -1.61. The van der Waals surface area contributed by atoms with Crippen molar-refractivity contribution in [2.45, 2.75) is 72.6 Å². The Balaban J connectivity index is 4.58. The number of esters is 2. The maximum atomic E-state index is 12.1. The van der Waals surface area contributed by atoms with Crippen molar-refractivity contribution in [1.29, 1.82) is 0 Å². The molecule has 0 N–H and O–H groups in total. The zero-order valence-corrected chi connectivity index (χ0v) is 14.2. The summed E-state index contributed by atoms with van der Waals surface area (Å²) in [5, 5.41) is 0. The zero-order valence-electron chi connectivity index (χ0n) is 14.2. The predicted molar refractivity (Wildman–Crippen MR) is 83.9 cm³/mol. The van der Waals surface area contributed by atoms with Gasteiger partial charge in [0.15, 0.2) is 5.92 Å². The number of rotatable bonds is 12. The number of carbonyl (C=O) groups excluding carboxylic acids is 2. The van der Waals surface area contributed by atoms with Gasteiger partial charge >= 0.3 is 11.9 Å². The average Bonchev–Trinajstić information content (AvgIpc) is 2.46. The van der Waals surface area contributed by atoms with Crippen molar-refractivity contribution >= 4 is 11.9 Å². The first kappa shape index (κ1) is 19.9. The molecule has 0 radical (unpaired) electrons. The van der Waals surface area contributed by atoms with Gasteiger partial charge in [0.25, 0.3) is 0 Å². The maximum absolute atomic E-state index is 12.1. The van der Waals surface area contributed by atoms with Gasteiger partial charge in [-0.25, -0.2) is 0 Å². The molecule has 0 saturated carbocycles. The van der Waals surface area contributed by atoms with E-state index < -0.39 is 17.9 Å². The lowest BCUT2D eigenvalue weighted by Gasteiger charge is -2.23. The van der Waals surface area contributed by atoms with Gasteiger partial charge in [-0.3, -0.25) is 9.59 Å². The van der Waals surface area contributed by atoms with Gasteiger partial charge in [-0.15, -0.1) is 0 Å². The van der Waals surface area contributed by atoms with Gasteiger partial charge < -0.3 is 9.47 Å². The Hall–Kier alpha value is -1.06. The molecule has 124 valence electrons. The Morgan fingerprint density at radius 1 is 0.810 bits per heavy atom. The van der Waals surface area contributed by atoms with Crippen LogP contribution in [0.1, 0.15) is 72.6 Å². The zero-order chi connectivity index (χ0) is 16.1. The fourth-order valence-corrected chi connectivity index (χ4v) is 2.56. The lowest BCUT2D eigenvalue weighted by molar-refractivity contribution is -0.164. The normalized spacial score (nSPS) is 12.2. The summed E-state index contributed by atoms with van der Waals surface area (Å²) in [6.07, 6.45) is 7.55. The van der Waals surface area contributed by atoms with Gasteiger partial charge in [-0.2, -0.15) is 0 Å². The van der Waals surface area contributed by atoms with Crippen molar-refractivity contribution in [2.75, 3.05) is 13.2 Å². The number of hydrogen-bond donors (Lipinski definition) is 0. The van der Waals surface area contributed by atoms with Crippen LogP contribution in [-0.4, -0.2) is 25.2 Å². The second kappa shape index (κ2) is 12.7. The predicted octanol–water partition coefficient (Wildman–Crippen LogP) is 4.12. The second-order valence-electron chi connectivity index (χ2n) is 5.35. The molecule has 4 heteroatoms. The maximum Gasteiger partial charge on any atom is 0.320 e. The molecule has 0 aromatic rings. The monoisotopic (exact) mass is 300 g/mol. The molecule has 1 unspecified atom stereocenters. The van der Waals surface area contributed by atoms with Crippen LogP contribution in [0.15, 0.2) is 0 Å². The first-order valence-electron chi connectivity index (χ1n) is 8.45. The molecular weight excluding hydrogens is 268 g/mol. The van der Waals surface area contributed by atoms with Crippen molar-refractivity contribution in [3.8, 4) is 0 Å². The Bertz CT molecular complexity index is 271. The van der Waals surface area contributed by atoms with Crippen LogP contribution in [0.25, 0.3) is 0 Å². The first-order valence-corrected chi connectivity index (χ1v) is 8.45. The van der Waals surface area contributed by atoms with Crippen molar-refractivity contribution in [3.63, 3.8) is 0 Å². The molecule has 0 rings (SSSR count). The molecule has 0 aliphatic carbocycles. The van der Waals surface area contributed by atoms with E-state index in [-0.39, 0.29) is 5.92 Å². The third-order valence-corrected chi connectivity index (χ3v) is 3.76. The van der Waals surface area contributed by atoms with Crippen LogP contribution in [0.2, 0.25) is 0 Å². The summed E-state index contributed by atoms with van der Waals surface area (Å²) in [7, 11) is 0. The van der Waals surface area contributed by atoms with E-state index in [2.05, 4.69) is 6.92 Å². The summed E-state index contributed by atoms with van der Waals surface area (Å²) in [4.78, 5) is 24.1. The van der Waals surface area contributed by atoms with Crippen LogP contribution < -0.4 is 0 Å². The van der Waals surface area contributed by atoms with E-state index in [0.29, 0.717) is 13.2 Å². The second-order valence-corrected chi connectivity index (χ2v) is 5.35. The fraction of sp³-hybridized carbons (Fsp3) is 0.882. The summed E-state index contributed by atoms with van der Waals surface area (Å²) in [5.41, 5.74) is 0. The largest absolute Gasteiger partial charge is 0.465 e. The van der Waals surface area contributed by atoms with Gasteiger partial charge in [0.05, 0.1) is 13.2 Å². The Morgan fingerprint density at radius 2 is 1.33 bits per heavy atom. The van der Waals surface area contributed by atoms with Crippen LogP contribution in [-0.2, 0) is 19.1 Å². The van der Waals surface area contributed by atoms with Crippen molar-refractivity contribution in [2.24, 2.45) is 11.8 Å². The first-order chi connectivity index (χ1) is 10.1. The minimum absolute atomic E-state index is 0.0183. The molecule has 0 aliphatic rings. The number of carbonyl (C=O) groups is 2. The molecule has 0 aromatic heterocycles. The highest BCUT2D eigenvalue weighted by molar-refractivity contribution is 5.95. The third kappa shape index (κ3) is 8.08. The highest BCUT2D eigenvalue weighted by Gasteiger charge is 2.36. The van der Waals surface area contributed by atoms with Crippen LogP contribution >= 0.6 is 0 Å². The summed E-state index contributed by atoms with van der Waals surface area (Å²) >= 11 is 0. The Kier molecular flexibility index (Phi) is 12.0. The number of ether oxygens (including phenoxy) is 2. The van der Waals surface area contributed by atoms with Gasteiger partial charge in [-0.1, -0.05) is 52.4 Å². The van der Waals surface area contributed by atoms with Gasteiger partial charge in [0, 0.05) is 0 Å². The molecule has 0 aromatic carbocycles. The summed E-state index contributed by atoms with van der Waals surface area (Å²) < 4.78 is 10.1. The smallest absolute Gasteiger partial charge is 0.320 e. The number of hydrogen-bond acceptors (Lipinski definition) is 4. The van der Waals surface area contributed by atoms with E-state index in [4.69, 9.17) is 9.47 Å². The van der Waals surface area contributed by atoms with E-state index in [1.807, 2.05) is 6.92 Å². The topological polar surface area (TPSA) is 52.6 Å². The fourth-order valence-electron chi connectivity index (χ4n) is 2.56. The molecule has 21 heavy (non-hydrogen) atoms. The quantitative estimate of drug-likeness (QED) is 0.309. The van der Waals surface area contributed by atoms with Crippen LogP contribution in [0, 0.1) is 11.8 Å². The standard InChI is InChI=1S/C17H32O4/c1-5-9-10-11-12-13-14(6-2)15(16(18)20-7-3)17(19)21-8-4/h14-15H,5-13H2,1-4H3. The molecule has 0 heterocycles. The van der Waals surface area contributed by atoms with Crippen molar-refractivity contribution in [1.82, 2.24) is 0 Å². The third-order valence-electron chi connectivity index (χ3n) is 3.76. The van der Waals surface area contributed by atoms with E-state index in [9.17, 15) is 9.59 Å². The van der Waals surface area contributed by atoms with Crippen LogP contribution in [0.4, 0.5) is 0 Å². The minimum Gasteiger partial charge on any atom is -0.465 e. The van der Waals surface area contributed by atoms with Gasteiger partial charge in [0.1, 0.15) is 0 Å². The van der Waals surface area contributed by atoms with E-state index in [0.717, 1.165) is 25.7 Å². The molecule has 0 fully saturated rings. The molecule has 0 aliphatic heterocycles. The van der Waals surface area contributed by atoms with Crippen molar-refractivity contribution < 1.29 is 19.1 Å². The molecule has 0 amide bonds. The van der Waals surface area contributed by atoms with Crippen molar-refractivity contribution in [3.05, 3.63) is 0 Å². The van der Waals surface area contributed by atoms with E-state index in [1.54, 1.807) is 13.8 Å². The van der Waals surface area contributed by atoms with Gasteiger partial charge in [-0.05, 0) is 26.2 Å². The van der Waals surface area contributed by atoms with E-state index >= 15 is 0 Å². The SMILES string of the molecule is CCCCCCCC(CC)C(C(=O)OCC)C(=O)OCC. The Labute approximate surface area is 129 Å². The Morgan fingerprint density at radius 3 is 1.76 bits per heavy atom. The number of unbranched alkanes of at least 4 members (excludes halogenated alkanes) is 4. The molecule has 4 nitrogen and oxygen atoms in total. The summed E-state index contributed by atoms with van der Waals surface area (Å²) in [6, 6.07) is 0. The average molecular weight is 300 g/mol. The van der Waals surface area contributed by atoms with Gasteiger partial charge in [0.2, 0.25) is 0 Å². The molecule has 0 spiro atoms. The van der Waals surface area contributed by atoms with Crippen LogP contribution in [0.3, 0.4) is 0 Å². The van der Waals surface area contributed by atoms with Crippen LogP contribution in [0.5, 0.6) is 0 Å². The lowest BCUT2D eigenvalue weighted by Crippen LogP contribution is -2.34. The molecular formula is C17H32O4. The molecule has 0 bridgehead atoms. The highest BCUT2D eigenvalue weighted by Crippen LogP contribution is 2.25.